The van der Waals surface area contributed by atoms with Gasteiger partial charge in [-0.25, -0.2) is 0 Å². The van der Waals surface area contributed by atoms with E-state index in [0.29, 0.717) is 5.56 Å². The summed E-state index contributed by atoms with van der Waals surface area (Å²) in [6.45, 7) is 1.65. The lowest BCUT2D eigenvalue weighted by molar-refractivity contribution is -0.140. The molecule has 1 aromatic carbocycles. The summed E-state index contributed by atoms with van der Waals surface area (Å²) in [6, 6.07) is 3.70. The lowest BCUT2D eigenvalue weighted by atomic mass is 9.92. The highest BCUT2D eigenvalue weighted by Crippen LogP contribution is 2.30. The van der Waals surface area contributed by atoms with Crippen LogP contribution in [0.1, 0.15) is 24.0 Å². The topological polar surface area (TPSA) is 49.3 Å². The molecule has 6 heteroatoms. The molecule has 0 aliphatic heterocycles. The third-order valence-electron chi connectivity index (χ3n) is 2.84. The number of halogens is 3. The van der Waals surface area contributed by atoms with Gasteiger partial charge < -0.3 is 10.4 Å². The highest BCUT2D eigenvalue weighted by atomic mass is 19.4. The predicted molar refractivity (Wildman–Crippen MR) is 60.3 cm³/mol. The zero-order valence-corrected chi connectivity index (χ0v) is 9.95. The van der Waals surface area contributed by atoms with Crippen LogP contribution in [0, 0.1) is 0 Å². The average Bonchev–Trinajstić information content (AvgIpc) is 2.28. The van der Waals surface area contributed by atoms with Gasteiger partial charge in [0.05, 0.1) is 5.56 Å². The molecule has 0 bridgehead atoms. The van der Waals surface area contributed by atoms with Gasteiger partial charge in [0.25, 0.3) is 0 Å². The minimum atomic E-state index is -4.38. The predicted octanol–water partition coefficient (Wildman–Crippen LogP) is 2.48. The van der Waals surface area contributed by atoms with Crippen LogP contribution in [0.25, 0.3) is 0 Å². The Hall–Kier alpha value is -1.56. The summed E-state index contributed by atoms with van der Waals surface area (Å²) in [5.74, 6) is -1.46. The van der Waals surface area contributed by atoms with E-state index >= 15 is 0 Å². The van der Waals surface area contributed by atoms with E-state index in [4.69, 9.17) is 5.11 Å². The number of carbonyl (C=O) groups is 1. The molecule has 0 aromatic heterocycles. The Balaban J connectivity index is 2.94. The van der Waals surface area contributed by atoms with E-state index in [1.165, 1.54) is 19.2 Å². The van der Waals surface area contributed by atoms with Crippen molar-refractivity contribution in [3.8, 4) is 0 Å². The summed E-state index contributed by atoms with van der Waals surface area (Å²) < 4.78 is 37.1. The monoisotopic (exact) mass is 261 g/mol. The Labute approximate surface area is 103 Å². The summed E-state index contributed by atoms with van der Waals surface area (Å²) in [5.41, 5.74) is -0.195. The van der Waals surface area contributed by atoms with Crippen molar-refractivity contribution in [2.45, 2.75) is 25.1 Å². The first-order valence-corrected chi connectivity index (χ1v) is 5.34. The van der Waals surface area contributed by atoms with Crippen molar-refractivity contribution in [1.82, 2.24) is 5.32 Å². The molecule has 0 aliphatic rings. The van der Waals surface area contributed by atoms with E-state index in [1.807, 2.05) is 0 Å². The molecule has 0 aliphatic carbocycles. The van der Waals surface area contributed by atoms with Gasteiger partial charge in [-0.2, -0.15) is 13.2 Å². The highest BCUT2D eigenvalue weighted by molar-refractivity contribution is 5.74. The second kappa shape index (κ2) is 5.39. The van der Waals surface area contributed by atoms with Gasteiger partial charge in [-0.15, -0.1) is 0 Å². The standard InChI is InChI=1S/C12H14F3NO2/c1-7(10(16-2)11(17)18)8-3-5-9(6-4-8)12(13,14)15/h3-7,10,16H,1-2H3,(H,17,18)/t7-,10+/m1/s1. The van der Waals surface area contributed by atoms with Crippen molar-refractivity contribution >= 4 is 5.97 Å². The Morgan fingerprint density at radius 3 is 2.11 bits per heavy atom. The quantitative estimate of drug-likeness (QED) is 0.875. The third-order valence-corrected chi connectivity index (χ3v) is 2.84. The summed E-state index contributed by atoms with van der Waals surface area (Å²) >= 11 is 0. The number of carboxylic acid groups (broad SMARTS) is 1. The average molecular weight is 261 g/mol. The van der Waals surface area contributed by atoms with Crippen molar-refractivity contribution in [1.29, 1.82) is 0 Å². The number of carboxylic acids is 1. The maximum Gasteiger partial charge on any atom is 0.416 e. The van der Waals surface area contributed by atoms with Crippen LogP contribution in [-0.2, 0) is 11.0 Å². The van der Waals surface area contributed by atoms with Crippen LogP contribution in [0.3, 0.4) is 0 Å². The van der Waals surface area contributed by atoms with Crippen LogP contribution >= 0.6 is 0 Å². The van der Waals surface area contributed by atoms with Crippen LogP contribution < -0.4 is 5.32 Å². The molecule has 0 saturated heterocycles. The van der Waals surface area contributed by atoms with Crippen molar-refractivity contribution < 1.29 is 23.1 Å². The zero-order valence-electron chi connectivity index (χ0n) is 9.95. The highest BCUT2D eigenvalue weighted by Gasteiger charge is 2.31. The van der Waals surface area contributed by atoms with Crippen LogP contribution in [0.2, 0.25) is 0 Å². The first-order valence-electron chi connectivity index (χ1n) is 5.34. The number of likely N-dealkylation sites (N-methyl/N-ethyl adjacent to an activating group) is 1. The lowest BCUT2D eigenvalue weighted by Gasteiger charge is -2.20. The molecular weight excluding hydrogens is 247 g/mol. The Morgan fingerprint density at radius 2 is 1.78 bits per heavy atom. The van der Waals surface area contributed by atoms with Gasteiger partial charge in [0, 0.05) is 5.92 Å². The van der Waals surface area contributed by atoms with E-state index < -0.39 is 29.7 Å². The normalized spacial score (nSPS) is 15.2. The van der Waals surface area contributed by atoms with Gasteiger partial charge >= 0.3 is 12.1 Å². The van der Waals surface area contributed by atoms with E-state index in [2.05, 4.69) is 5.32 Å². The van der Waals surface area contributed by atoms with E-state index in [-0.39, 0.29) is 0 Å². The number of hydrogen-bond donors (Lipinski definition) is 2. The van der Waals surface area contributed by atoms with Gasteiger partial charge in [0.2, 0.25) is 0 Å². The van der Waals surface area contributed by atoms with Gasteiger partial charge in [-0.3, -0.25) is 4.79 Å². The maximum absolute atomic E-state index is 12.4. The van der Waals surface area contributed by atoms with Crippen LogP contribution in [0.4, 0.5) is 13.2 Å². The van der Waals surface area contributed by atoms with Crippen LogP contribution in [0.5, 0.6) is 0 Å². The van der Waals surface area contributed by atoms with E-state index in [9.17, 15) is 18.0 Å². The Kier molecular flexibility index (Phi) is 4.34. The van der Waals surface area contributed by atoms with E-state index in [0.717, 1.165) is 12.1 Å². The molecule has 2 N–H and O–H groups in total. The van der Waals surface area contributed by atoms with Crippen molar-refractivity contribution in [3.63, 3.8) is 0 Å². The van der Waals surface area contributed by atoms with Crippen molar-refractivity contribution in [2.75, 3.05) is 7.05 Å². The van der Waals surface area contributed by atoms with Crippen molar-refractivity contribution in [3.05, 3.63) is 35.4 Å². The Bertz CT molecular complexity index is 414. The molecule has 100 valence electrons. The van der Waals surface area contributed by atoms with Gasteiger partial charge in [0.1, 0.15) is 6.04 Å². The molecule has 0 unspecified atom stereocenters. The fraction of sp³-hybridized carbons (Fsp3) is 0.417. The van der Waals surface area contributed by atoms with Crippen LogP contribution in [0.15, 0.2) is 24.3 Å². The molecule has 0 spiro atoms. The second-order valence-corrected chi connectivity index (χ2v) is 4.01. The number of rotatable bonds is 4. The first-order chi connectivity index (χ1) is 8.27. The number of alkyl halides is 3. The SMILES string of the molecule is CN[C@H](C(=O)O)[C@H](C)c1ccc(C(F)(F)F)cc1. The molecule has 1 rings (SSSR count). The number of hydrogen-bond acceptors (Lipinski definition) is 2. The number of benzene rings is 1. The summed E-state index contributed by atoms with van der Waals surface area (Å²) in [4.78, 5) is 10.9. The largest absolute Gasteiger partial charge is 0.480 e. The molecule has 0 heterocycles. The lowest BCUT2D eigenvalue weighted by Crippen LogP contribution is -2.38. The zero-order chi connectivity index (χ0) is 13.9. The molecule has 0 saturated carbocycles. The molecule has 0 fully saturated rings. The molecule has 1 aromatic rings. The molecule has 2 atom stereocenters. The molecule has 0 radical (unpaired) electrons. The van der Waals surface area contributed by atoms with E-state index in [1.54, 1.807) is 6.92 Å². The summed E-state index contributed by atoms with van der Waals surface area (Å²) in [7, 11) is 1.50. The van der Waals surface area contributed by atoms with Gasteiger partial charge in [-0.05, 0) is 24.7 Å². The first kappa shape index (κ1) is 14.5. The fourth-order valence-corrected chi connectivity index (χ4v) is 1.76. The molecule has 18 heavy (non-hydrogen) atoms. The smallest absolute Gasteiger partial charge is 0.416 e. The molecule has 0 amide bonds. The van der Waals surface area contributed by atoms with Gasteiger partial charge in [0.15, 0.2) is 0 Å². The van der Waals surface area contributed by atoms with Crippen molar-refractivity contribution in [2.24, 2.45) is 0 Å². The maximum atomic E-state index is 12.4. The molecular formula is C12H14F3NO2. The summed E-state index contributed by atoms with van der Waals surface area (Å²) in [5, 5.41) is 11.6. The molecule has 3 nitrogen and oxygen atoms in total. The Morgan fingerprint density at radius 1 is 1.28 bits per heavy atom. The number of aliphatic carboxylic acids is 1. The fourth-order valence-electron chi connectivity index (χ4n) is 1.76. The number of nitrogens with one attached hydrogen (secondary N) is 1. The minimum Gasteiger partial charge on any atom is -0.480 e. The van der Waals surface area contributed by atoms with Crippen LogP contribution in [-0.4, -0.2) is 24.2 Å². The van der Waals surface area contributed by atoms with Gasteiger partial charge in [-0.1, -0.05) is 19.1 Å². The summed E-state index contributed by atoms with van der Waals surface area (Å²) in [6.07, 6.45) is -4.38. The minimum absolute atomic E-state index is 0.421. The second-order valence-electron chi connectivity index (χ2n) is 4.01. The third kappa shape index (κ3) is 3.22.